The molecule has 0 atom stereocenters. The van der Waals surface area contributed by atoms with Crippen molar-refractivity contribution >= 4 is 23.0 Å². The van der Waals surface area contributed by atoms with Crippen molar-refractivity contribution in [2.24, 2.45) is 0 Å². The number of nitrogens with zero attached hydrogens (tertiary/aromatic N) is 3. The first kappa shape index (κ1) is 16.0. The Labute approximate surface area is 144 Å². The normalized spacial score (nSPS) is 10.9. The summed E-state index contributed by atoms with van der Waals surface area (Å²) in [6.07, 6.45) is 4.92. The van der Waals surface area contributed by atoms with Gasteiger partial charge in [-0.05, 0) is 35.9 Å². The van der Waals surface area contributed by atoms with Gasteiger partial charge in [0.1, 0.15) is 17.3 Å². The predicted molar refractivity (Wildman–Crippen MR) is 92.7 cm³/mol. The highest BCUT2D eigenvalue weighted by Crippen LogP contribution is 2.18. The molecule has 0 saturated heterocycles. The van der Waals surface area contributed by atoms with Crippen molar-refractivity contribution < 1.29 is 4.79 Å². The van der Waals surface area contributed by atoms with Crippen LogP contribution < -0.4 is 5.32 Å². The quantitative estimate of drug-likeness (QED) is 0.567. The van der Waals surface area contributed by atoms with E-state index >= 15 is 0 Å². The molecular weight excluding hydrogens is 314 g/mol. The third kappa shape index (κ3) is 3.54. The van der Waals surface area contributed by atoms with E-state index in [0.717, 1.165) is 16.5 Å². The Bertz CT molecular complexity index is 1030. The Morgan fingerprint density at radius 2 is 2.04 bits per heavy atom. The van der Waals surface area contributed by atoms with Gasteiger partial charge in [0.15, 0.2) is 0 Å². The first-order valence-electron chi connectivity index (χ1n) is 7.52. The Morgan fingerprint density at radius 1 is 1.24 bits per heavy atom. The van der Waals surface area contributed by atoms with Crippen molar-refractivity contribution in [1.29, 1.82) is 10.5 Å². The van der Waals surface area contributed by atoms with Crippen LogP contribution in [-0.4, -0.2) is 15.9 Å². The number of nitrogens with one attached hydrogen (secondary N) is 2. The van der Waals surface area contributed by atoms with E-state index in [-0.39, 0.29) is 12.1 Å². The molecule has 1 amide bonds. The number of amides is 1. The molecular formula is C19H13N5O. The van der Waals surface area contributed by atoms with Crippen molar-refractivity contribution in [3.8, 4) is 12.1 Å². The zero-order valence-corrected chi connectivity index (χ0v) is 13.2. The molecule has 0 bridgehead atoms. The van der Waals surface area contributed by atoms with Crippen molar-refractivity contribution in [3.05, 3.63) is 71.1 Å². The lowest BCUT2D eigenvalue weighted by atomic mass is 10.1. The molecule has 0 aliphatic carbocycles. The fraction of sp³-hybridized carbons (Fsp3) is 0.0526. The third-order valence-corrected chi connectivity index (χ3v) is 3.68. The van der Waals surface area contributed by atoms with Gasteiger partial charge in [-0.25, -0.2) is 4.98 Å². The molecule has 0 saturated carbocycles. The molecule has 1 aromatic carbocycles. The van der Waals surface area contributed by atoms with Crippen LogP contribution in [0.1, 0.15) is 16.7 Å². The number of nitriles is 2. The number of carbonyl (C=O) groups is 1. The summed E-state index contributed by atoms with van der Waals surface area (Å²) < 4.78 is 0. The number of hydrogen-bond donors (Lipinski definition) is 2. The topological polar surface area (TPSA) is 105 Å². The molecule has 0 aliphatic rings. The lowest BCUT2D eigenvalue weighted by Gasteiger charge is -2.04. The average molecular weight is 327 g/mol. The Kier molecular flexibility index (Phi) is 4.55. The summed E-state index contributed by atoms with van der Waals surface area (Å²) in [5.74, 6) is -0.454. The number of H-pyrrole nitrogens is 1. The van der Waals surface area contributed by atoms with Crippen LogP contribution in [0.4, 0.5) is 0 Å². The van der Waals surface area contributed by atoms with Crippen molar-refractivity contribution in [2.75, 3.05) is 0 Å². The SMILES string of the molecule is N#C/C(=C\c1c[nH]c2ncccc12)C(=O)NCc1ccc(C#N)cc1. The maximum atomic E-state index is 12.3. The fourth-order valence-electron chi connectivity index (χ4n) is 2.38. The molecule has 25 heavy (non-hydrogen) atoms. The van der Waals surface area contributed by atoms with Crippen LogP contribution in [0.3, 0.4) is 0 Å². The molecule has 2 aromatic heterocycles. The highest BCUT2D eigenvalue weighted by Gasteiger charge is 2.10. The average Bonchev–Trinajstić information content (AvgIpc) is 3.07. The summed E-state index contributed by atoms with van der Waals surface area (Å²) in [4.78, 5) is 19.4. The minimum absolute atomic E-state index is 0.0124. The molecule has 0 aliphatic heterocycles. The smallest absolute Gasteiger partial charge is 0.262 e. The molecule has 3 rings (SSSR count). The second-order valence-corrected chi connectivity index (χ2v) is 5.30. The number of aromatic nitrogens is 2. The first-order valence-corrected chi connectivity index (χ1v) is 7.52. The van der Waals surface area contributed by atoms with Gasteiger partial charge in [0.2, 0.25) is 0 Å². The number of aromatic amines is 1. The van der Waals surface area contributed by atoms with E-state index in [4.69, 9.17) is 5.26 Å². The molecule has 120 valence electrons. The zero-order valence-electron chi connectivity index (χ0n) is 13.2. The van der Waals surface area contributed by atoms with Gasteiger partial charge < -0.3 is 10.3 Å². The van der Waals surface area contributed by atoms with E-state index in [1.807, 2.05) is 18.2 Å². The third-order valence-electron chi connectivity index (χ3n) is 3.68. The minimum Gasteiger partial charge on any atom is -0.347 e. The second kappa shape index (κ2) is 7.12. The first-order chi connectivity index (χ1) is 12.2. The van der Waals surface area contributed by atoms with E-state index in [1.165, 1.54) is 6.08 Å². The maximum absolute atomic E-state index is 12.3. The molecule has 0 unspecified atom stereocenters. The molecule has 0 spiro atoms. The summed E-state index contributed by atoms with van der Waals surface area (Å²) in [5.41, 5.74) is 2.84. The molecule has 6 nitrogen and oxygen atoms in total. The second-order valence-electron chi connectivity index (χ2n) is 5.30. The van der Waals surface area contributed by atoms with Crippen molar-refractivity contribution in [2.45, 2.75) is 6.54 Å². The van der Waals surface area contributed by atoms with Crippen molar-refractivity contribution in [1.82, 2.24) is 15.3 Å². The van der Waals surface area contributed by atoms with Gasteiger partial charge >= 0.3 is 0 Å². The number of hydrogen-bond acceptors (Lipinski definition) is 4. The highest BCUT2D eigenvalue weighted by atomic mass is 16.1. The standard InChI is InChI=1S/C19H13N5O/c20-9-13-3-5-14(6-4-13)11-24-19(25)15(10-21)8-16-12-23-18-17(16)2-1-7-22-18/h1-8,12H,11H2,(H,22,23)(H,24,25)/b15-8+. The number of pyridine rings is 1. The maximum Gasteiger partial charge on any atom is 0.262 e. The van der Waals surface area contributed by atoms with E-state index in [9.17, 15) is 10.1 Å². The number of fused-ring (bicyclic) bond motifs is 1. The summed E-state index contributed by atoms with van der Waals surface area (Å²) in [7, 11) is 0. The van der Waals surface area contributed by atoms with Crippen molar-refractivity contribution in [3.63, 3.8) is 0 Å². The van der Waals surface area contributed by atoms with E-state index in [1.54, 1.807) is 42.7 Å². The van der Waals surface area contributed by atoms with Crippen LogP contribution in [0, 0.1) is 22.7 Å². The molecule has 2 heterocycles. The predicted octanol–water partition coefficient (Wildman–Crippen LogP) is 2.66. The van der Waals surface area contributed by atoms with Crippen LogP contribution in [0.2, 0.25) is 0 Å². The van der Waals surface area contributed by atoms with Gasteiger partial charge in [0.25, 0.3) is 5.91 Å². The molecule has 2 N–H and O–H groups in total. The minimum atomic E-state index is -0.454. The van der Waals surface area contributed by atoms with Crippen LogP contribution in [0.5, 0.6) is 0 Å². The zero-order chi connectivity index (χ0) is 17.6. The Balaban J connectivity index is 1.75. The van der Waals surface area contributed by atoms with Crippen LogP contribution in [0.15, 0.2) is 54.4 Å². The van der Waals surface area contributed by atoms with E-state index in [0.29, 0.717) is 11.2 Å². The molecule has 3 aromatic rings. The Hall–Kier alpha value is -3.90. The Morgan fingerprint density at radius 3 is 2.76 bits per heavy atom. The summed E-state index contributed by atoms with van der Waals surface area (Å²) in [6.45, 7) is 0.277. The van der Waals surface area contributed by atoms with E-state index < -0.39 is 5.91 Å². The lowest BCUT2D eigenvalue weighted by molar-refractivity contribution is -0.117. The summed E-state index contributed by atoms with van der Waals surface area (Å²) in [5, 5.41) is 21.6. The van der Waals surface area contributed by atoms with Gasteiger partial charge in [0, 0.05) is 29.9 Å². The monoisotopic (exact) mass is 327 g/mol. The van der Waals surface area contributed by atoms with Crippen LogP contribution in [-0.2, 0) is 11.3 Å². The van der Waals surface area contributed by atoms with E-state index in [2.05, 4.69) is 15.3 Å². The molecule has 0 radical (unpaired) electrons. The largest absolute Gasteiger partial charge is 0.347 e. The van der Waals surface area contributed by atoms with Crippen LogP contribution in [0.25, 0.3) is 17.1 Å². The van der Waals surface area contributed by atoms with Gasteiger partial charge in [-0.2, -0.15) is 10.5 Å². The highest BCUT2D eigenvalue weighted by molar-refractivity contribution is 6.03. The number of carbonyl (C=O) groups excluding carboxylic acids is 1. The summed E-state index contributed by atoms with van der Waals surface area (Å²) >= 11 is 0. The molecule has 0 fully saturated rings. The number of benzene rings is 1. The van der Waals surface area contributed by atoms with Gasteiger partial charge in [-0.3, -0.25) is 4.79 Å². The van der Waals surface area contributed by atoms with Gasteiger partial charge in [0.05, 0.1) is 11.6 Å². The number of rotatable bonds is 4. The fourth-order valence-corrected chi connectivity index (χ4v) is 2.38. The molecule has 6 heteroatoms. The lowest BCUT2D eigenvalue weighted by Crippen LogP contribution is -2.23. The van der Waals surface area contributed by atoms with Gasteiger partial charge in [-0.15, -0.1) is 0 Å². The van der Waals surface area contributed by atoms with Gasteiger partial charge in [-0.1, -0.05) is 12.1 Å². The van der Waals surface area contributed by atoms with Crippen LogP contribution >= 0.6 is 0 Å². The summed E-state index contributed by atoms with van der Waals surface area (Å²) in [6, 6.07) is 14.5.